The van der Waals surface area contributed by atoms with Crippen molar-refractivity contribution in [2.75, 3.05) is 13.7 Å². The van der Waals surface area contributed by atoms with Gasteiger partial charge in [-0.05, 0) is 66.8 Å². The number of aryl methyl sites for hydroxylation is 1. The van der Waals surface area contributed by atoms with Crippen LogP contribution < -0.4 is 10.1 Å². The molecule has 0 heterocycles. The molecule has 38 heavy (non-hydrogen) atoms. The van der Waals surface area contributed by atoms with Gasteiger partial charge in [0.25, 0.3) is 0 Å². The molecule has 0 bridgehead atoms. The Balaban J connectivity index is 0.000000550. The standard InChI is InChI=1S/C28H35NO.C4H4O4/c1-3-27(21-24-17-19-28(30-2)20-18-24)29-22-26(25-14-8-5-9-15-25)16-10-13-23-11-6-4-7-12-23;5-3(6)1-2-4(7)8/h4-9,11-12,14-15,17-20,26-27,29H,3,10,13,16,21-22H2,1-2H3;1-2H,(H,5,6)(H,7,8)/b;2-1-. The predicted octanol–water partition coefficient (Wildman–Crippen LogP) is 6.12. The number of carboxylic acids is 2. The summed E-state index contributed by atoms with van der Waals surface area (Å²) in [7, 11) is 1.72. The van der Waals surface area contributed by atoms with Crippen LogP contribution in [0.4, 0.5) is 0 Å². The van der Waals surface area contributed by atoms with E-state index in [1.54, 1.807) is 7.11 Å². The molecule has 0 spiro atoms. The van der Waals surface area contributed by atoms with Gasteiger partial charge in [-0.15, -0.1) is 0 Å². The van der Waals surface area contributed by atoms with Gasteiger partial charge in [0.1, 0.15) is 5.75 Å². The highest BCUT2D eigenvalue weighted by molar-refractivity contribution is 5.89. The van der Waals surface area contributed by atoms with E-state index in [1.807, 2.05) is 0 Å². The average molecular weight is 518 g/mol. The lowest BCUT2D eigenvalue weighted by Crippen LogP contribution is -2.34. The smallest absolute Gasteiger partial charge is 0.328 e. The zero-order chi connectivity index (χ0) is 27.6. The summed E-state index contributed by atoms with van der Waals surface area (Å²) in [6, 6.07) is 30.8. The third kappa shape index (κ3) is 12.4. The van der Waals surface area contributed by atoms with Crippen LogP contribution >= 0.6 is 0 Å². The Morgan fingerprint density at radius 1 is 0.842 bits per heavy atom. The summed E-state index contributed by atoms with van der Waals surface area (Å²) >= 11 is 0. The van der Waals surface area contributed by atoms with Crippen LogP contribution in [0.5, 0.6) is 5.75 Å². The number of aliphatic carboxylic acids is 2. The van der Waals surface area contributed by atoms with Crippen molar-refractivity contribution in [1.29, 1.82) is 0 Å². The Bertz CT molecular complexity index is 1080. The molecular weight excluding hydrogens is 478 g/mol. The molecule has 2 atom stereocenters. The Labute approximate surface area is 226 Å². The maximum atomic E-state index is 9.55. The maximum absolute atomic E-state index is 9.55. The van der Waals surface area contributed by atoms with Crippen molar-refractivity contribution in [2.24, 2.45) is 0 Å². The second-order valence-corrected chi connectivity index (χ2v) is 9.06. The zero-order valence-electron chi connectivity index (χ0n) is 22.3. The van der Waals surface area contributed by atoms with Crippen LogP contribution in [0.25, 0.3) is 0 Å². The molecule has 0 amide bonds. The summed E-state index contributed by atoms with van der Waals surface area (Å²) in [5.74, 6) is -1.05. The zero-order valence-corrected chi connectivity index (χ0v) is 22.3. The first-order chi connectivity index (χ1) is 18.4. The molecule has 0 fully saturated rings. The van der Waals surface area contributed by atoms with Crippen LogP contribution in [0.2, 0.25) is 0 Å². The lowest BCUT2D eigenvalue weighted by molar-refractivity contribution is -0.134. The van der Waals surface area contributed by atoms with E-state index in [1.165, 1.54) is 29.5 Å². The van der Waals surface area contributed by atoms with Crippen molar-refractivity contribution < 1.29 is 24.5 Å². The second kappa shape index (κ2) is 17.5. The minimum atomic E-state index is -1.26. The first-order valence-corrected chi connectivity index (χ1v) is 13.0. The molecule has 3 N–H and O–H groups in total. The maximum Gasteiger partial charge on any atom is 0.328 e. The van der Waals surface area contributed by atoms with Crippen LogP contribution in [-0.2, 0) is 22.4 Å². The van der Waals surface area contributed by atoms with E-state index in [4.69, 9.17) is 14.9 Å². The number of ether oxygens (including phenoxy) is 1. The van der Waals surface area contributed by atoms with Gasteiger partial charge in [0.05, 0.1) is 7.11 Å². The molecule has 6 nitrogen and oxygen atoms in total. The molecule has 0 saturated carbocycles. The minimum absolute atomic E-state index is 0.485. The Morgan fingerprint density at radius 3 is 1.95 bits per heavy atom. The first kappa shape index (κ1) is 30.3. The van der Waals surface area contributed by atoms with Gasteiger partial charge in [-0.1, -0.05) is 79.7 Å². The highest BCUT2D eigenvalue weighted by Crippen LogP contribution is 2.22. The van der Waals surface area contributed by atoms with Gasteiger partial charge in [-0.25, -0.2) is 9.59 Å². The van der Waals surface area contributed by atoms with Crippen molar-refractivity contribution in [3.63, 3.8) is 0 Å². The normalized spacial score (nSPS) is 12.3. The molecule has 202 valence electrons. The minimum Gasteiger partial charge on any atom is -0.497 e. The molecule has 0 aliphatic heterocycles. The van der Waals surface area contributed by atoms with Gasteiger partial charge < -0.3 is 20.3 Å². The molecule has 3 rings (SSSR count). The number of nitrogens with one attached hydrogen (secondary N) is 1. The summed E-state index contributed by atoms with van der Waals surface area (Å²) in [6.45, 7) is 3.29. The van der Waals surface area contributed by atoms with E-state index in [0.717, 1.165) is 31.6 Å². The van der Waals surface area contributed by atoms with E-state index >= 15 is 0 Å². The van der Waals surface area contributed by atoms with Crippen LogP contribution in [-0.4, -0.2) is 41.8 Å². The third-order valence-electron chi connectivity index (χ3n) is 6.29. The van der Waals surface area contributed by atoms with Gasteiger partial charge in [0.2, 0.25) is 0 Å². The predicted molar refractivity (Wildman–Crippen MR) is 152 cm³/mol. The van der Waals surface area contributed by atoms with Gasteiger partial charge in [0, 0.05) is 24.7 Å². The molecule has 3 aromatic carbocycles. The van der Waals surface area contributed by atoms with Gasteiger partial charge >= 0.3 is 11.9 Å². The molecule has 0 radical (unpaired) electrons. The monoisotopic (exact) mass is 517 g/mol. The Hall–Kier alpha value is -3.90. The fourth-order valence-electron chi connectivity index (χ4n) is 4.17. The highest BCUT2D eigenvalue weighted by atomic mass is 16.5. The quantitative estimate of drug-likeness (QED) is 0.223. The van der Waals surface area contributed by atoms with E-state index in [-0.39, 0.29) is 0 Å². The topological polar surface area (TPSA) is 95.9 Å². The van der Waals surface area contributed by atoms with Crippen LogP contribution in [0, 0.1) is 0 Å². The molecule has 0 aromatic heterocycles. The number of methoxy groups -OCH3 is 1. The molecular formula is C32H39NO5. The lowest BCUT2D eigenvalue weighted by Gasteiger charge is -2.23. The highest BCUT2D eigenvalue weighted by Gasteiger charge is 2.14. The number of rotatable bonds is 14. The van der Waals surface area contributed by atoms with Gasteiger partial charge in [0.15, 0.2) is 0 Å². The van der Waals surface area contributed by atoms with Gasteiger partial charge in [-0.3, -0.25) is 0 Å². The number of carboxylic acid groups (broad SMARTS) is 2. The summed E-state index contributed by atoms with van der Waals surface area (Å²) in [4.78, 5) is 19.1. The lowest BCUT2D eigenvalue weighted by atomic mass is 9.91. The van der Waals surface area contributed by atoms with E-state index in [2.05, 4.69) is 97.2 Å². The second-order valence-electron chi connectivity index (χ2n) is 9.06. The molecule has 3 aromatic rings. The third-order valence-corrected chi connectivity index (χ3v) is 6.29. The van der Waals surface area contributed by atoms with E-state index in [9.17, 15) is 9.59 Å². The molecule has 2 unspecified atom stereocenters. The van der Waals surface area contributed by atoms with Crippen molar-refractivity contribution >= 4 is 11.9 Å². The average Bonchev–Trinajstić information content (AvgIpc) is 2.94. The van der Waals surface area contributed by atoms with Crippen LogP contribution in [0.3, 0.4) is 0 Å². The van der Waals surface area contributed by atoms with Crippen molar-refractivity contribution in [3.05, 3.63) is 114 Å². The molecule has 6 heteroatoms. The van der Waals surface area contributed by atoms with E-state index < -0.39 is 11.9 Å². The van der Waals surface area contributed by atoms with Crippen LogP contribution in [0.1, 0.15) is 48.8 Å². The number of hydrogen-bond donors (Lipinski definition) is 3. The summed E-state index contributed by atoms with van der Waals surface area (Å²) in [5, 5.41) is 19.5. The van der Waals surface area contributed by atoms with Gasteiger partial charge in [-0.2, -0.15) is 0 Å². The number of benzene rings is 3. The van der Waals surface area contributed by atoms with Crippen molar-refractivity contribution in [1.82, 2.24) is 5.32 Å². The largest absolute Gasteiger partial charge is 0.497 e. The Kier molecular flexibility index (Phi) is 14.0. The van der Waals surface area contributed by atoms with E-state index in [0.29, 0.717) is 24.1 Å². The summed E-state index contributed by atoms with van der Waals surface area (Å²) in [6.07, 6.45) is 6.84. The summed E-state index contributed by atoms with van der Waals surface area (Å²) < 4.78 is 5.28. The number of hydrogen-bond acceptors (Lipinski definition) is 4. The van der Waals surface area contributed by atoms with Crippen molar-refractivity contribution in [3.8, 4) is 5.75 Å². The fourth-order valence-corrected chi connectivity index (χ4v) is 4.17. The fraction of sp³-hybridized carbons (Fsp3) is 0.312. The molecule has 0 aliphatic rings. The molecule has 0 aliphatic carbocycles. The van der Waals surface area contributed by atoms with Crippen LogP contribution in [0.15, 0.2) is 97.1 Å². The van der Waals surface area contributed by atoms with Crippen molar-refractivity contribution in [2.45, 2.75) is 51.0 Å². The summed E-state index contributed by atoms with van der Waals surface area (Å²) in [5.41, 5.74) is 4.23. The first-order valence-electron chi connectivity index (χ1n) is 13.0. The molecule has 0 saturated heterocycles. The Morgan fingerprint density at radius 2 is 1.42 bits per heavy atom. The SMILES string of the molecule is CCC(Cc1ccc(OC)cc1)NCC(CCCc1ccccc1)c1ccccc1.O=C(O)/C=C\C(=O)O. The number of carbonyl (C=O) groups is 2.